The average Bonchev–Trinajstić information content (AvgIpc) is 2.20. The molecule has 0 saturated carbocycles. The van der Waals surface area contributed by atoms with E-state index in [0.29, 0.717) is 11.3 Å². The van der Waals surface area contributed by atoms with Gasteiger partial charge in [-0.05, 0) is 32.2 Å². The minimum Gasteiger partial charge on any atom is -0.380 e. The molecule has 82 valence electrons. The van der Waals surface area contributed by atoms with Gasteiger partial charge in [0.05, 0.1) is 5.69 Å². The van der Waals surface area contributed by atoms with E-state index in [1.807, 2.05) is 13.1 Å². The first kappa shape index (κ1) is 10.8. The zero-order valence-corrected chi connectivity index (χ0v) is 9.70. The van der Waals surface area contributed by atoms with E-state index >= 15 is 0 Å². The highest BCUT2D eigenvalue weighted by molar-refractivity contribution is 8.00. The summed E-state index contributed by atoms with van der Waals surface area (Å²) in [6, 6.07) is 5.28. The second-order valence-electron chi connectivity index (χ2n) is 3.79. The Kier molecular flexibility index (Phi) is 3.17. The molecule has 0 aliphatic carbocycles. The number of hydrogen-bond acceptors (Lipinski definition) is 3. The van der Waals surface area contributed by atoms with E-state index in [0.717, 1.165) is 17.1 Å². The highest BCUT2D eigenvalue weighted by Gasteiger charge is 2.24. The molecule has 1 aromatic rings. The third-order valence-electron chi connectivity index (χ3n) is 2.57. The molecular weight excluding hydrogens is 211 g/mol. The van der Waals surface area contributed by atoms with Gasteiger partial charge in [0.1, 0.15) is 5.82 Å². The van der Waals surface area contributed by atoms with Crippen molar-refractivity contribution in [2.45, 2.75) is 23.1 Å². The quantitative estimate of drug-likeness (QED) is 0.809. The van der Waals surface area contributed by atoms with Gasteiger partial charge in [-0.25, -0.2) is 4.39 Å². The Morgan fingerprint density at radius 3 is 3.07 bits per heavy atom. The molecule has 4 heteroatoms. The average molecular weight is 226 g/mol. The summed E-state index contributed by atoms with van der Waals surface area (Å²) in [5.74, 6) is -0.180. The first-order valence-corrected chi connectivity index (χ1v) is 5.96. The van der Waals surface area contributed by atoms with Crippen molar-refractivity contribution >= 4 is 17.4 Å². The van der Waals surface area contributed by atoms with Crippen LogP contribution in [0.2, 0.25) is 0 Å². The zero-order valence-electron chi connectivity index (χ0n) is 8.88. The minimum absolute atomic E-state index is 0.180. The van der Waals surface area contributed by atoms with Crippen molar-refractivity contribution < 1.29 is 4.39 Å². The molecule has 1 aromatic carbocycles. The highest BCUT2D eigenvalue weighted by atomic mass is 32.2. The molecule has 1 aliphatic heterocycles. The van der Waals surface area contributed by atoms with Crippen molar-refractivity contribution in [3.63, 3.8) is 0 Å². The fourth-order valence-electron chi connectivity index (χ4n) is 1.74. The third kappa shape index (κ3) is 2.26. The minimum atomic E-state index is -0.180. The van der Waals surface area contributed by atoms with E-state index in [9.17, 15) is 4.39 Å². The van der Waals surface area contributed by atoms with E-state index in [2.05, 4.69) is 17.6 Å². The molecular formula is C11H15FN2S. The monoisotopic (exact) mass is 226 g/mol. The van der Waals surface area contributed by atoms with Gasteiger partial charge in [0.15, 0.2) is 0 Å². The maximum absolute atomic E-state index is 13.0. The van der Waals surface area contributed by atoms with Crippen molar-refractivity contribution in [1.82, 2.24) is 5.32 Å². The number of fused-ring (bicyclic) bond motifs is 1. The SMILES string of the molecule is CNCC1Sc2ccc(F)cc2NC1C. The predicted molar refractivity (Wildman–Crippen MR) is 63.1 cm³/mol. The number of benzene rings is 1. The Balaban J connectivity index is 2.22. The zero-order chi connectivity index (χ0) is 10.8. The number of halogens is 1. The topological polar surface area (TPSA) is 24.1 Å². The van der Waals surface area contributed by atoms with Crippen LogP contribution in [0, 0.1) is 5.82 Å². The fraction of sp³-hybridized carbons (Fsp3) is 0.455. The number of thioether (sulfide) groups is 1. The number of rotatable bonds is 2. The van der Waals surface area contributed by atoms with Gasteiger partial charge in [0.2, 0.25) is 0 Å². The molecule has 1 aliphatic rings. The largest absolute Gasteiger partial charge is 0.380 e. The van der Waals surface area contributed by atoms with Crippen LogP contribution in [0.5, 0.6) is 0 Å². The van der Waals surface area contributed by atoms with Crippen LogP contribution in [0.4, 0.5) is 10.1 Å². The Morgan fingerprint density at radius 2 is 2.33 bits per heavy atom. The summed E-state index contributed by atoms with van der Waals surface area (Å²) >= 11 is 1.81. The van der Waals surface area contributed by atoms with E-state index in [-0.39, 0.29) is 5.82 Å². The van der Waals surface area contributed by atoms with E-state index in [4.69, 9.17) is 0 Å². The van der Waals surface area contributed by atoms with Crippen molar-refractivity contribution in [2.75, 3.05) is 18.9 Å². The molecule has 0 fully saturated rings. The van der Waals surface area contributed by atoms with Crippen molar-refractivity contribution in [1.29, 1.82) is 0 Å². The predicted octanol–water partition coefficient (Wildman–Crippen LogP) is 2.32. The standard InChI is InChI=1S/C11H15FN2S/c1-7-11(6-13-2)15-10-4-3-8(12)5-9(10)14-7/h3-5,7,11,13-14H,6H2,1-2H3. The van der Waals surface area contributed by atoms with Crippen LogP contribution in [-0.4, -0.2) is 24.9 Å². The molecule has 0 spiro atoms. The van der Waals surface area contributed by atoms with Crippen LogP contribution in [0.1, 0.15) is 6.92 Å². The van der Waals surface area contributed by atoms with Crippen LogP contribution < -0.4 is 10.6 Å². The van der Waals surface area contributed by atoms with Crippen LogP contribution in [-0.2, 0) is 0 Å². The van der Waals surface area contributed by atoms with Gasteiger partial charge in [-0.2, -0.15) is 0 Å². The third-order valence-corrected chi connectivity index (χ3v) is 4.05. The first-order valence-electron chi connectivity index (χ1n) is 5.08. The van der Waals surface area contributed by atoms with Crippen LogP contribution in [0.3, 0.4) is 0 Å². The van der Waals surface area contributed by atoms with Crippen molar-refractivity contribution in [2.24, 2.45) is 0 Å². The van der Waals surface area contributed by atoms with Crippen molar-refractivity contribution in [3.8, 4) is 0 Å². The second-order valence-corrected chi connectivity index (χ2v) is 5.07. The summed E-state index contributed by atoms with van der Waals surface area (Å²) < 4.78 is 13.0. The van der Waals surface area contributed by atoms with E-state index in [1.165, 1.54) is 6.07 Å². The lowest BCUT2D eigenvalue weighted by atomic mass is 10.2. The molecule has 2 nitrogen and oxygen atoms in total. The first-order chi connectivity index (χ1) is 7.20. The van der Waals surface area contributed by atoms with Gasteiger partial charge in [0, 0.05) is 22.7 Å². The molecule has 0 radical (unpaired) electrons. The number of anilines is 1. The highest BCUT2D eigenvalue weighted by Crippen LogP contribution is 2.37. The Morgan fingerprint density at radius 1 is 1.53 bits per heavy atom. The van der Waals surface area contributed by atoms with Crippen LogP contribution in [0.15, 0.2) is 23.1 Å². The Hall–Kier alpha value is -0.740. The van der Waals surface area contributed by atoms with Gasteiger partial charge < -0.3 is 10.6 Å². The van der Waals surface area contributed by atoms with E-state index < -0.39 is 0 Å². The van der Waals surface area contributed by atoms with Gasteiger partial charge in [-0.15, -0.1) is 11.8 Å². The number of hydrogen-bond donors (Lipinski definition) is 2. The molecule has 2 rings (SSSR count). The van der Waals surface area contributed by atoms with E-state index in [1.54, 1.807) is 17.8 Å². The maximum Gasteiger partial charge on any atom is 0.125 e. The lowest BCUT2D eigenvalue weighted by molar-refractivity contribution is 0.623. The molecule has 15 heavy (non-hydrogen) atoms. The Labute approximate surface area is 93.6 Å². The fourth-order valence-corrected chi connectivity index (χ4v) is 2.98. The van der Waals surface area contributed by atoms with Gasteiger partial charge >= 0.3 is 0 Å². The Bertz CT molecular complexity index is 356. The summed E-state index contributed by atoms with van der Waals surface area (Å²) in [6.07, 6.45) is 0. The van der Waals surface area contributed by atoms with Crippen LogP contribution >= 0.6 is 11.8 Å². The van der Waals surface area contributed by atoms with Crippen LogP contribution in [0.25, 0.3) is 0 Å². The molecule has 2 atom stereocenters. The van der Waals surface area contributed by atoms with Gasteiger partial charge in [-0.1, -0.05) is 0 Å². The maximum atomic E-state index is 13.0. The van der Waals surface area contributed by atoms with Gasteiger partial charge in [0.25, 0.3) is 0 Å². The molecule has 0 amide bonds. The lowest BCUT2D eigenvalue weighted by Crippen LogP contribution is -2.38. The number of nitrogens with one attached hydrogen (secondary N) is 2. The summed E-state index contributed by atoms with van der Waals surface area (Å²) in [6.45, 7) is 3.08. The molecule has 1 heterocycles. The van der Waals surface area contributed by atoms with Crippen molar-refractivity contribution in [3.05, 3.63) is 24.0 Å². The summed E-state index contributed by atoms with van der Waals surface area (Å²) in [5.41, 5.74) is 0.917. The molecule has 2 unspecified atom stereocenters. The molecule has 0 aromatic heterocycles. The second kappa shape index (κ2) is 4.41. The summed E-state index contributed by atoms with van der Waals surface area (Å²) in [4.78, 5) is 1.13. The normalized spacial score (nSPS) is 24.5. The van der Waals surface area contributed by atoms with Gasteiger partial charge in [-0.3, -0.25) is 0 Å². The summed E-state index contributed by atoms with van der Waals surface area (Å²) in [5, 5.41) is 7.00. The molecule has 0 bridgehead atoms. The lowest BCUT2D eigenvalue weighted by Gasteiger charge is -2.31. The molecule has 0 saturated heterocycles. The molecule has 2 N–H and O–H groups in total. The summed E-state index contributed by atoms with van der Waals surface area (Å²) in [7, 11) is 1.95. The smallest absolute Gasteiger partial charge is 0.125 e.